The monoisotopic (exact) mass is 274 g/mol. The molecule has 18 heavy (non-hydrogen) atoms. The van der Waals surface area contributed by atoms with E-state index in [1.54, 1.807) is 4.90 Å². The fraction of sp³-hybridized carbons (Fsp3) is 0.455. The maximum Gasteiger partial charge on any atom is 0.295 e. The molecule has 0 aromatic heterocycles. The van der Waals surface area contributed by atoms with Crippen LogP contribution in [-0.4, -0.2) is 29.2 Å². The van der Waals surface area contributed by atoms with Gasteiger partial charge in [0.05, 0.1) is 22.1 Å². The summed E-state index contributed by atoms with van der Waals surface area (Å²) >= 11 is 5.66. The Bertz CT molecular complexity index is 484. The number of anilines is 1. The summed E-state index contributed by atoms with van der Waals surface area (Å²) in [5.74, 6) is -0.815. The van der Waals surface area contributed by atoms with Crippen LogP contribution in [0.1, 0.15) is 12.8 Å². The molecule has 0 amide bonds. The zero-order valence-corrected chi connectivity index (χ0v) is 10.2. The van der Waals surface area contributed by atoms with E-state index in [-0.39, 0.29) is 16.4 Å². The molecule has 1 heterocycles. The van der Waals surface area contributed by atoms with Crippen LogP contribution in [0.2, 0.25) is 5.02 Å². The number of benzene rings is 1. The van der Waals surface area contributed by atoms with Gasteiger partial charge in [-0.15, -0.1) is 0 Å². The number of aliphatic hydroxyl groups is 1. The van der Waals surface area contributed by atoms with E-state index < -0.39 is 16.8 Å². The van der Waals surface area contributed by atoms with Crippen molar-refractivity contribution < 1.29 is 14.4 Å². The quantitative estimate of drug-likeness (QED) is 0.664. The lowest BCUT2D eigenvalue weighted by molar-refractivity contribution is -0.384. The van der Waals surface area contributed by atoms with Crippen molar-refractivity contribution in [2.24, 2.45) is 0 Å². The van der Waals surface area contributed by atoms with E-state index in [4.69, 9.17) is 11.6 Å². The van der Waals surface area contributed by atoms with Crippen LogP contribution in [0.15, 0.2) is 12.1 Å². The third kappa shape index (κ3) is 2.54. The van der Waals surface area contributed by atoms with Crippen LogP contribution in [0, 0.1) is 15.9 Å². The fourth-order valence-electron chi connectivity index (χ4n) is 2.10. The van der Waals surface area contributed by atoms with Crippen molar-refractivity contribution in [3.8, 4) is 0 Å². The number of β-amino-alcohol motifs (C(OH)–C–C–N with tert-alkyl or cyclic N) is 1. The lowest BCUT2D eigenvalue weighted by Gasteiger charge is -2.31. The van der Waals surface area contributed by atoms with Gasteiger partial charge in [0.15, 0.2) is 0 Å². The molecule has 1 unspecified atom stereocenters. The minimum Gasteiger partial charge on any atom is -0.391 e. The second kappa shape index (κ2) is 5.07. The smallest absolute Gasteiger partial charge is 0.295 e. The molecule has 1 fully saturated rings. The van der Waals surface area contributed by atoms with E-state index in [9.17, 15) is 19.6 Å². The summed E-state index contributed by atoms with van der Waals surface area (Å²) in [4.78, 5) is 11.9. The number of hydrogen-bond donors (Lipinski definition) is 1. The van der Waals surface area contributed by atoms with Gasteiger partial charge >= 0.3 is 0 Å². The molecule has 0 bridgehead atoms. The van der Waals surface area contributed by atoms with Crippen molar-refractivity contribution in [1.82, 2.24) is 0 Å². The van der Waals surface area contributed by atoms with Gasteiger partial charge in [-0.25, -0.2) is 4.39 Å². The SMILES string of the molecule is O=[N+]([O-])c1cc(F)c(Cl)cc1N1CCCC(O)C1. The molecule has 0 saturated carbocycles. The minimum atomic E-state index is -0.815. The third-order valence-electron chi connectivity index (χ3n) is 2.95. The van der Waals surface area contributed by atoms with Gasteiger partial charge in [0, 0.05) is 13.1 Å². The van der Waals surface area contributed by atoms with E-state index in [1.165, 1.54) is 6.07 Å². The third-order valence-corrected chi connectivity index (χ3v) is 3.24. The summed E-state index contributed by atoms with van der Waals surface area (Å²) < 4.78 is 13.3. The van der Waals surface area contributed by atoms with Gasteiger partial charge < -0.3 is 10.0 Å². The van der Waals surface area contributed by atoms with Gasteiger partial charge in [-0.2, -0.15) is 0 Å². The van der Waals surface area contributed by atoms with Gasteiger partial charge in [-0.1, -0.05) is 11.6 Å². The van der Waals surface area contributed by atoms with Crippen molar-refractivity contribution in [2.45, 2.75) is 18.9 Å². The Balaban J connectivity index is 2.41. The predicted octanol–water partition coefficient (Wildman–Crippen LogP) is 2.35. The zero-order chi connectivity index (χ0) is 13.3. The van der Waals surface area contributed by atoms with Gasteiger partial charge in [-0.05, 0) is 18.9 Å². The highest BCUT2D eigenvalue weighted by molar-refractivity contribution is 6.31. The number of piperidine rings is 1. The minimum absolute atomic E-state index is 0.157. The number of halogens is 2. The second-order valence-corrected chi connectivity index (χ2v) is 4.66. The van der Waals surface area contributed by atoms with E-state index in [0.717, 1.165) is 12.5 Å². The Morgan fingerprint density at radius 3 is 2.89 bits per heavy atom. The van der Waals surface area contributed by atoms with Crippen LogP contribution < -0.4 is 4.90 Å². The normalized spacial score (nSPS) is 19.9. The van der Waals surface area contributed by atoms with Gasteiger partial charge in [0.25, 0.3) is 5.69 Å². The molecular weight excluding hydrogens is 263 g/mol. The molecular formula is C11H12ClFN2O3. The molecule has 1 atom stereocenters. The summed E-state index contributed by atoms with van der Waals surface area (Å²) in [5.41, 5.74) is -0.0730. The van der Waals surface area contributed by atoms with Crippen molar-refractivity contribution in [2.75, 3.05) is 18.0 Å². The highest BCUT2D eigenvalue weighted by Gasteiger charge is 2.26. The van der Waals surface area contributed by atoms with E-state index in [1.807, 2.05) is 0 Å². The Kier molecular flexibility index (Phi) is 3.68. The first-order chi connectivity index (χ1) is 8.49. The first kappa shape index (κ1) is 13.0. The summed E-state index contributed by atoms with van der Waals surface area (Å²) in [6, 6.07) is 2.06. The maximum absolute atomic E-state index is 13.3. The van der Waals surface area contributed by atoms with Crippen molar-refractivity contribution >= 4 is 23.0 Å². The van der Waals surface area contributed by atoms with Crippen LogP contribution in [0.3, 0.4) is 0 Å². The van der Waals surface area contributed by atoms with Crippen LogP contribution in [0.25, 0.3) is 0 Å². The summed E-state index contributed by atoms with van der Waals surface area (Å²) in [6.45, 7) is 0.878. The Labute approximate surface area is 108 Å². The first-order valence-corrected chi connectivity index (χ1v) is 5.93. The van der Waals surface area contributed by atoms with Crippen LogP contribution in [-0.2, 0) is 0 Å². The Hall–Kier alpha value is -1.40. The summed E-state index contributed by atoms with van der Waals surface area (Å²) in [7, 11) is 0. The molecule has 98 valence electrons. The van der Waals surface area contributed by atoms with Gasteiger partial charge in [0.2, 0.25) is 0 Å². The summed E-state index contributed by atoms with van der Waals surface area (Å²) in [6.07, 6.45) is 0.870. The number of rotatable bonds is 2. The molecule has 2 rings (SSSR count). The van der Waals surface area contributed by atoms with E-state index in [0.29, 0.717) is 19.5 Å². The second-order valence-electron chi connectivity index (χ2n) is 4.25. The van der Waals surface area contributed by atoms with Crippen LogP contribution in [0.4, 0.5) is 15.8 Å². The maximum atomic E-state index is 13.3. The summed E-state index contributed by atoms with van der Waals surface area (Å²) in [5, 5.41) is 20.3. The van der Waals surface area contributed by atoms with E-state index >= 15 is 0 Å². The first-order valence-electron chi connectivity index (χ1n) is 5.55. The van der Waals surface area contributed by atoms with Gasteiger partial charge in [0.1, 0.15) is 11.5 Å². The Morgan fingerprint density at radius 1 is 1.56 bits per heavy atom. The van der Waals surface area contributed by atoms with Crippen molar-refractivity contribution in [3.05, 3.63) is 33.1 Å². The predicted molar refractivity (Wildman–Crippen MR) is 65.5 cm³/mol. The van der Waals surface area contributed by atoms with Crippen molar-refractivity contribution in [3.63, 3.8) is 0 Å². The molecule has 0 radical (unpaired) electrons. The topological polar surface area (TPSA) is 66.6 Å². The Morgan fingerprint density at radius 2 is 2.28 bits per heavy atom. The van der Waals surface area contributed by atoms with Crippen molar-refractivity contribution in [1.29, 1.82) is 0 Å². The highest BCUT2D eigenvalue weighted by atomic mass is 35.5. The van der Waals surface area contributed by atoms with E-state index in [2.05, 4.69) is 0 Å². The molecule has 1 aliphatic heterocycles. The molecule has 5 nitrogen and oxygen atoms in total. The molecule has 0 spiro atoms. The number of nitrogens with zero attached hydrogens (tertiary/aromatic N) is 2. The number of nitro groups is 1. The standard InChI is InChI=1S/C11H12ClFN2O3/c12-8-4-10(11(15(17)18)5-9(8)13)14-3-1-2-7(16)6-14/h4-5,7,16H,1-3,6H2. The lowest BCUT2D eigenvalue weighted by atomic mass is 10.1. The number of hydrogen-bond acceptors (Lipinski definition) is 4. The lowest BCUT2D eigenvalue weighted by Crippen LogP contribution is -2.38. The molecule has 1 saturated heterocycles. The molecule has 1 aromatic rings. The number of nitro benzene ring substituents is 1. The zero-order valence-electron chi connectivity index (χ0n) is 9.47. The largest absolute Gasteiger partial charge is 0.391 e. The fourth-order valence-corrected chi connectivity index (χ4v) is 2.26. The van der Waals surface area contributed by atoms with Crippen LogP contribution >= 0.6 is 11.6 Å². The molecule has 1 aliphatic rings. The average Bonchev–Trinajstić information content (AvgIpc) is 2.31. The molecule has 1 aromatic carbocycles. The molecule has 7 heteroatoms. The highest BCUT2D eigenvalue weighted by Crippen LogP contribution is 2.34. The number of aliphatic hydroxyl groups excluding tert-OH is 1. The molecule has 1 N–H and O–H groups in total. The van der Waals surface area contributed by atoms with Gasteiger partial charge in [-0.3, -0.25) is 10.1 Å². The molecule has 0 aliphatic carbocycles. The van der Waals surface area contributed by atoms with Crippen LogP contribution in [0.5, 0.6) is 0 Å². The average molecular weight is 275 g/mol.